The van der Waals surface area contributed by atoms with E-state index in [1.807, 2.05) is 31.2 Å². The van der Waals surface area contributed by atoms with E-state index < -0.39 is 0 Å². The minimum absolute atomic E-state index is 0.698. The molecule has 2 aromatic carbocycles. The van der Waals surface area contributed by atoms with Gasteiger partial charge in [-0.15, -0.1) is 0 Å². The van der Waals surface area contributed by atoms with Crippen LogP contribution in [0.3, 0.4) is 0 Å². The Morgan fingerprint density at radius 2 is 1.83 bits per heavy atom. The quantitative estimate of drug-likeness (QED) is 0.812. The highest BCUT2D eigenvalue weighted by Gasteiger charge is 2.15. The Bertz CT molecular complexity index is 666. The van der Waals surface area contributed by atoms with Crippen molar-refractivity contribution in [2.24, 2.45) is 0 Å². The Hall–Kier alpha value is -1.20. The van der Waals surface area contributed by atoms with Gasteiger partial charge in [-0.25, -0.2) is 4.31 Å². The fraction of sp³-hybridized carbons (Fsp3) is 0.333. The largest absolute Gasteiger partial charge is 0.456 e. The molecule has 23 heavy (non-hydrogen) atoms. The van der Waals surface area contributed by atoms with Crippen LogP contribution in [-0.2, 0) is 0 Å². The van der Waals surface area contributed by atoms with Crippen molar-refractivity contribution >= 4 is 23.5 Å². The zero-order valence-electron chi connectivity index (χ0n) is 13.4. The van der Waals surface area contributed by atoms with Crippen LogP contribution in [0.2, 0.25) is 5.02 Å². The van der Waals surface area contributed by atoms with E-state index in [-0.39, 0.29) is 0 Å². The summed E-state index contributed by atoms with van der Waals surface area (Å²) >= 11 is 7.90. The summed E-state index contributed by atoms with van der Waals surface area (Å²) in [5, 5.41) is 4.08. The summed E-state index contributed by atoms with van der Waals surface area (Å²) in [6.45, 7) is 8.26. The number of nitrogens with zero attached hydrogens (tertiary/aromatic N) is 1. The molecule has 1 saturated heterocycles. The van der Waals surface area contributed by atoms with Crippen molar-refractivity contribution in [3.05, 3.63) is 52.5 Å². The minimum atomic E-state index is 0.698. The molecule has 5 heteroatoms. The molecule has 0 aromatic heterocycles. The van der Waals surface area contributed by atoms with Crippen LogP contribution in [0, 0.1) is 13.8 Å². The van der Waals surface area contributed by atoms with Crippen LogP contribution in [-0.4, -0.2) is 30.5 Å². The average molecular weight is 349 g/mol. The molecule has 0 bridgehead atoms. The predicted molar refractivity (Wildman–Crippen MR) is 97.7 cm³/mol. The first kappa shape index (κ1) is 16.7. The monoisotopic (exact) mass is 348 g/mol. The second kappa shape index (κ2) is 7.58. The average Bonchev–Trinajstić information content (AvgIpc) is 2.50. The Morgan fingerprint density at radius 1 is 1.04 bits per heavy atom. The van der Waals surface area contributed by atoms with Crippen molar-refractivity contribution in [3.63, 3.8) is 0 Å². The predicted octanol–water partition coefficient (Wildman–Crippen LogP) is 4.66. The lowest BCUT2D eigenvalue weighted by atomic mass is 10.2. The molecular weight excluding hydrogens is 328 g/mol. The van der Waals surface area contributed by atoms with Gasteiger partial charge in [0.05, 0.1) is 4.90 Å². The molecule has 0 radical (unpaired) electrons. The van der Waals surface area contributed by atoms with Crippen LogP contribution < -0.4 is 10.1 Å². The van der Waals surface area contributed by atoms with Crippen LogP contribution >= 0.6 is 23.5 Å². The van der Waals surface area contributed by atoms with E-state index in [0.717, 1.165) is 48.1 Å². The summed E-state index contributed by atoms with van der Waals surface area (Å²) in [6.07, 6.45) is 0. The van der Waals surface area contributed by atoms with Crippen molar-refractivity contribution < 1.29 is 4.74 Å². The van der Waals surface area contributed by atoms with Gasteiger partial charge in [0.25, 0.3) is 0 Å². The number of rotatable bonds is 4. The lowest BCUT2D eigenvalue weighted by Gasteiger charge is -2.26. The molecule has 0 saturated carbocycles. The van der Waals surface area contributed by atoms with E-state index in [1.165, 1.54) is 5.56 Å². The zero-order valence-corrected chi connectivity index (χ0v) is 15.0. The van der Waals surface area contributed by atoms with E-state index in [0.29, 0.717) is 5.02 Å². The molecule has 0 aliphatic carbocycles. The lowest BCUT2D eigenvalue weighted by molar-refractivity contribution is 0.395. The molecule has 3 nitrogen and oxygen atoms in total. The molecular formula is C18H21ClN2OS. The van der Waals surface area contributed by atoms with Crippen molar-refractivity contribution in [2.75, 3.05) is 26.2 Å². The van der Waals surface area contributed by atoms with Gasteiger partial charge >= 0.3 is 0 Å². The van der Waals surface area contributed by atoms with Gasteiger partial charge in [-0.05, 0) is 67.3 Å². The highest BCUT2D eigenvalue weighted by atomic mass is 35.5. The third kappa shape index (κ3) is 4.64. The van der Waals surface area contributed by atoms with E-state index in [9.17, 15) is 0 Å². The Labute approximate surface area is 147 Å². The Kier molecular flexibility index (Phi) is 5.49. The number of aryl methyl sites for hydroxylation is 2. The molecule has 1 aliphatic rings. The van der Waals surface area contributed by atoms with E-state index in [4.69, 9.17) is 16.3 Å². The Morgan fingerprint density at radius 3 is 2.57 bits per heavy atom. The van der Waals surface area contributed by atoms with Crippen LogP contribution in [0.1, 0.15) is 11.1 Å². The third-order valence-corrected chi connectivity index (χ3v) is 5.00. The molecule has 0 spiro atoms. The number of hydrogen-bond acceptors (Lipinski definition) is 4. The number of piperazine rings is 1. The maximum absolute atomic E-state index is 6.14. The summed E-state index contributed by atoms with van der Waals surface area (Å²) in [7, 11) is 0. The summed E-state index contributed by atoms with van der Waals surface area (Å²) in [5.74, 6) is 1.65. The van der Waals surface area contributed by atoms with Crippen molar-refractivity contribution in [3.8, 4) is 11.5 Å². The standard InChI is InChI=1S/C18H21ClN2OS/c1-13-3-4-17(22-16-10-14(2)9-15(19)12-16)18(11-13)23-21-7-5-20-6-8-21/h3-4,9-12,20H,5-8H2,1-2H3. The van der Waals surface area contributed by atoms with Crippen LogP contribution in [0.25, 0.3) is 0 Å². The minimum Gasteiger partial charge on any atom is -0.456 e. The molecule has 1 N–H and O–H groups in total. The highest BCUT2D eigenvalue weighted by molar-refractivity contribution is 7.97. The molecule has 0 atom stereocenters. The summed E-state index contributed by atoms with van der Waals surface area (Å²) in [5.41, 5.74) is 2.33. The maximum atomic E-state index is 6.14. The van der Waals surface area contributed by atoms with Gasteiger partial charge in [-0.3, -0.25) is 0 Å². The third-order valence-electron chi connectivity index (χ3n) is 3.65. The van der Waals surface area contributed by atoms with E-state index >= 15 is 0 Å². The second-order valence-electron chi connectivity index (χ2n) is 5.79. The number of halogens is 1. The molecule has 0 amide bonds. The zero-order chi connectivity index (χ0) is 16.2. The maximum Gasteiger partial charge on any atom is 0.142 e. The van der Waals surface area contributed by atoms with E-state index in [2.05, 4.69) is 28.7 Å². The first-order chi connectivity index (χ1) is 11.1. The topological polar surface area (TPSA) is 24.5 Å². The van der Waals surface area contributed by atoms with Gasteiger partial charge in [-0.2, -0.15) is 0 Å². The van der Waals surface area contributed by atoms with Crippen molar-refractivity contribution in [2.45, 2.75) is 18.7 Å². The fourth-order valence-electron chi connectivity index (χ4n) is 2.53. The van der Waals surface area contributed by atoms with E-state index in [1.54, 1.807) is 11.9 Å². The summed E-state index contributed by atoms with van der Waals surface area (Å²) < 4.78 is 8.50. The van der Waals surface area contributed by atoms with Gasteiger partial charge in [0, 0.05) is 31.2 Å². The smallest absolute Gasteiger partial charge is 0.142 e. The van der Waals surface area contributed by atoms with Crippen LogP contribution in [0.4, 0.5) is 0 Å². The van der Waals surface area contributed by atoms with Crippen LogP contribution in [0.15, 0.2) is 41.3 Å². The molecule has 0 unspecified atom stereocenters. The SMILES string of the molecule is Cc1cc(Cl)cc(Oc2ccc(C)cc2SN2CCNCC2)c1. The second-order valence-corrected chi connectivity index (χ2v) is 7.36. The molecule has 3 rings (SSSR count). The van der Waals surface area contributed by atoms with Gasteiger partial charge in [0.1, 0.15) is 11.5 Å². The van der Waals surface area contributed by atoms with Gasteiger partial charge in [0.2, 0.25) is 0 Å². The number of benzene rings is 2. The molecule has 1 heterocycles. The van der Waals surface area contributed by atoms with Crippen molar-refractivity contribution in [1.29, 1.82) is 0 Å². The van der Waals surface area contributed by atoms with Gasteiger partial charge in [-0.1, -0.05) is 17.7 Å². The highest BCUT2D eigenvalue weighted by Crippen LogP contribution is 2.36. The lowest BCUT2D eigenvalue weighted by Crippen LogP contribution is -2.39. The molecule has 1 fully saturated rings. The number of nitrogens with one attached hydrogen (secondary N) is 1. The Balaban J connectivity index is 1.83. The molecule has 1 aliphatic heterocycles. The van der Waals surface area contributed by atoms with Gasteiger partial charge < -0.3 is 10.1 Å². The summed E-state index contributed by atoms with van der Waals surface area (Å²) in [4.78, 5) is 1.14. The first-order valence-corrected chi connectivity index (χ1v) is 8.94. The van der Waals surface area contributed by atoms with Crippen molar-refractivity contribution in [1.82, 2.24) is 9.62 Å². The van der Waals surface area contributed by atoms with Crippen LogP contribution in [0.5, 0.6) is 11.5 Å². The molecule has 122 valence electrons. The van der Waals surface area contributed by atoms with Gasteiger partial charge in [0.15, 0.2) is 0 Å². The first-order valence-electron chi connectivity index (χ1n) is 7.79. The number of hydrogen-bond donors (Lipinski definition) is 1. The fourth-order valence-corrected chi connectivity index (χ4v) is 3.90. The summed E-state index contributed by atoms with van der Waals surface area (Å²) in [6, 6.07) is 12.1. The molecule has 2 aromatic rings. The normalized spacial score (nSPS) is 15.6. The number of ether oxygens (including phenoxy) is 1.